The second-order valence-corrected chi connectivity index (χ2v) is 5.12. The number of hydrogen-bond donors (Lipinski definition) is 2. The molecular formula is C13H15Cl2N3. The van der Waals surface area contributed by atoms with Gasteiger partial charge in [0, 0.05) is 28.7 Å². The Morgan fingerprint density at radius 2 is 2.11 bits per heavy atom. The summed E-state index contributed by atoms with van der Waals surface area (Å²) >= 11 is 12.0. The zero-order valence-electron chi connectivity index (χ0n) is 10.1. The minimum atomic E-state index is 0.152. The zero-order valence-corrected chi connectivity index (χ0v) is 11.6. The first-order valence-corrected chi connectivity index (χ1v) is 6.61. The van der Waals surface area contributed by atoms with Crippen molar-refractivity contribution in [1.82, 2.24) is 10.2 Å². The lowest BCUT2D eigenvalue weighted by Crippen LogP contribution is -2.21. The SMILES string of the molecule is CCC(N)Cc1cc(-c2ccc(Cl)cc2Cl)n[nH]1. The predicted molar refractivity (Wildman–Crippen MR) is 76.0 cm³/mol. The highest BCUT2D eigenvalue weighted by molar-refractivity contribution is 6.36. The van der Waals surface area contributed by atoms with E-state index in [1.165, 1.54) is 0 Å². The molecule has 0 aliphatic heterocycles. The molecule has 0 spiro atoms. The number of rotatable bonds is 4. The number of benzene rings is 1. The molecule has 0 fully saturated rings. The van der Waals surface area contributed by atoms with Gasteiger partial charge < -0.3 is 5.73 Å². The molecule has 3 nitrogen and oxygen atoms in total. The van der Waals surface area contributed by atoms with E-state index in [0.29, 0.717) is 10.0 Å². The third-order valence-corrected chi connectivity index (χ3v) is 3.39. The minimum Gasteiger partial charge on any atom is -0.327 e. The molecule has 96 valence electrons. The highest BCUT2D eigenvalue weighted by atomic mass is 35.5. The van der Waals surface area contributed by atoms with Crippen LogP contribution >= 0.6 is 23.2 Å². The summed E-state index contributed by atoms with van der Waals surface area (Å²) in [6, 6.07) is 7.51. The first kappa shape index (κ1) is 13.4. The maximum absolute atomic E-state index is 6.14. The summed E-state index contributed by atoms with van der Waals surface area (Å²) < 4.78 is 0. The van der Waals surface area contributed by atoms with Crippen molar-refractivity contribution in [2.75, 3.05) is 0 Å². The molecule has 2 rings (SSSR count). The second kappa shape index (κ2) is 5.74. The average molecular weight is 284 g/mol. The first-order chi connectivity index (χ1) is 8.60. The number of nitrogens with zero attached hydrogens (tertiary/aromatic N) is 1. The fourth-order valence-electron chi connectivity index (χ4n) is 1.73. The van der Waals surface area contributed by atoms with Gasteiger partial charge in [0.15, 0.2) is 0 Å². The van der Waals surface area contributed by atoms with E-state index in [-0.39, 0.29) is 6.04 Å². The van der Waals surface area contributed by atoms with E-state index in [1.54, 1.807) is 12.1 Å². The van der Waals surface area contributed by atoms with Crippen LogP contribution in [0.25, 0.3) is 11.3 Å². The smallest absolute Gasteiger partial charge is 0.0938 e. The van der Waals surface area contributed by atoms with Crippen LogP contribution in [0.15, 0.2) is 24.3 Å². The molecule has 0 saturated carbocycles. The van der Waals surface area contributed by atoms with E-state index in [4.69, 9.17) is 28.9 Å². The maximum atomic E-state index is 6.14. The van der Waals surface area contributed by atoms with Gasteiger partial charge >= 0.3 is 0 Å². The van der Waals surface area contributed by atoms with Crippen molar-refractivity contribution in [2.45, 2.75) is 25.8 Å². The van der Waals surface area contributed by atoms with Gasteiger partial charge in [-0.1, -0.05) is 30.1 Å². The Morgan fingerprint density at radius 1 is 1.33 bits per heavy atom. The van der Waals surface area contributed by atoms with Crippen LogP contribution in [0.2, 0.25) is 10.0 Å². The van der Waals surface area contributed by atoms with Crippen LogP contribution in [0.4, 0.5) is 0 Å². The van der Waals surface area contributed by atoms with E-state index >= 15 is 0 Å². The van der Waals surface area contributed by atoms with E-state index in [9.17, 15) is 0 Å². The molecular weight excluding hydrogens is 269 g/mol. The maximum Gasteiger partial charge on any atom is 0.0938 e. The van der Waals surface area contributed by atoms with Crippen LogP contribution in [0.1, 0.15) is 19.0 Å². The van der Waals surface area contributed by atoms with Crippen molar-refractivity contribution < 1.29 is 0 Å². The van der Waals surface area contributed by atoms with Gasteiger partial charge in [-0.2, -0.15) is 5.10 Å². The Hall–Kier alpha value is -1.03. The third-order valence-electron chi connectivity index (χ3n) is 2.84. The van der Waals surface area contributed by atoms with Gasteiger partial charge in [-0.05, 0) is 30.7 Å². The van der Waals surface area contributed by atoms with Crippen molar-refractivity contribution in [3.63, 3.8) is 0 Å². The lowest BCUT2D eigenvalue weighted by Gasteiger charge is -2.04. The lowest BCUT2D eigenvalue weighted by atomic mass is 10.1. The predicted octanol–water partition coefficient (Wildman–Crippen LogP) is 3.66. The second-order valence-electron chi connectivity index (χ2n) is 4.28. The Morgan fingerprint density at radius 3 is 2.78 bits per heavy atom. The molecule has 18 heavy (non-hydrogen) atoms. The van der Waals surface area contributed by atoms with Crippen molar-refractivity contribution in [2.24, 2.45) is 5.73 Å². The van der Waals surface area contributed by atoms with Crippen molar-refractivity contribution in [1.29, 1.82) is 0 Å². The van der Waals surface area contributed by atoms with Crippen LogP contribution in [0, 0.1) is 0 Å². The summed E-state index contributed by atoms with van der Waals surface area (Å²) in [5.41, 5.74) is 8.61. The van der Waals surface area contributed by atoms with Crippen molar-refractivity contribution >= 4 is 23.2 Å². The van der Waals surface area contributed by atoms with Crippen LogP contribution in [0.5, 0.6) is 0 Å². The standard InChI is InChI=1S/C13H15Cl2N3/c1-2-9(16)6-10-7-13(18-17-10)11-4-3-8(14)5-12(11)15/h3-5,7,9H,2,6,16H2,1H3,(H,17,18). The van der Waals surface area contributed by atoms with Gasteiger partial charge in [-0.3, -0.25) is 5.10 Å². The molecule has 1 atom stereocenters. The molecule has 1 aromatic carbocycles. The summed E-state index contributed by atoms with van der Waals surface area (Å²) in [7, 11) is 0. The molecule has 2 aromatic rings. The summed E-state index contributed by atoms with van der Waals surface area (Å²) in [5.74, 6) is 0. The van der Waals surface area contributed by atoms with Crippen molar-refractivity contribution in [3.05, 3.63) is 40.0 Å². The highest BCUT2D eigenvalue weighted by Crippen LogP contribution is 2.29. The third kappa shape index (κ3) is 3.05. The summed E-state index contributed by atoms with van der Waals surface area (Å²) in [6.07, 6.45) is 1.73. The van der Waals surface area contributed by atoms with Crippen LogP contribution in [0.3, 0.4) is 0 Å². The summed E-state index contributed by atoms with van der Waals surface area (Å²) in [6.45, 7) is 2.07. The van der Waals surface area contributed by atoms with E-state index in [2.05, 4.69) is 17.1 Å². The number of aromatic amines is 1. The van der Waals surface area contributed by atoms with Crippen LogP contribution in [-0.4, -0.2) is 16.2 Å². The summed E-state index contributed by atoms with van der Waals surface area (Å²) in [5, 5.41) is 8.46. The highest BCUT2D eigenvalue weighted by Gasteiger charge is 2.10. The number of H-pyrrole nitrogens is 1. The largest absolute Gasteiger partial charge is 0.327 e. The normalized spacial score (nSPS) is 12.7. The topological polar surface area (TPSA) is 54.7 Å². The monoisotopic (exact) mass is 283 g/mol. The van der Waals surface area contributed by atoms with Gasteiger partial charge in [-0.15, -0.1) is 0 Å². The van der Waals surface area contributed by atoms with Crippen LogP contribution < -0.4 is 5.73 Å². The molecule has 0 amide bonds. The van der Waals surface area contributed by atoms with Gasteiger partial charge in [-0.25, -0.2) is 0 Å². The molecule has 1 heterocycles. The molecule has 3 N–H and O–H groups in total. The zero-order chi connectivity index (χ0) is 13.1. The molecule has 0 bridgehead atoms. The Bertz CT molecular complexity index is 537. The lowest BCUT2D eigenvalue weighted by molar-refractivity contribution is 0.635. The summed E-state index contributed by atoms with van der Waals surface area (Å²) in [4.78, 5) is 0. The first-order valence-electron chi connectivity index (χ1n) is 5.85. The van der Waals surface area contributed by atoms with E-state index in [1.807, 2.05) is 12.1 Å². The van der Waals surface area contributed by atoms with Gasteiger partial charge in [0.2, 0.25) is 0 Å². The average Bonchev–Trinajstić information content (AvgIpc) is 2.77. The van der Waals surface area contributed by atoms with Gasteiger partial charge in [0.25, 0.3) is 0 Å². The molecule has 0 saturated heterocycles. The van der Waals surface area contributed by atoms with Gasteiger partial charge in [0.05, 0.1) is 10.7 Å². The Balaban J connectivity index is 2.24. The fourth-order valence-corrected chi connectivity index (χ4v) is 2.23. The molecule has 1 unspecified atom stereocenters. The molecule has 0 aliphatic carbocycles. The minimum absolute atomic E-state index is 0.152. The van der Waals surface area contributed by atoms with E-state index in [0.717, 1.165) is 29.8 Å². The Labute approximate surface area is 116 Å². The quantitative estimate of drug-likeness (QED) is 0.900. The van der Waals surface area contributed by atoms with Crippen LogP contribution in [-0.2, 0) is 6.42 Å². The Kier molecular flexibility index (Phi) is 4.27. The molecule has 1 aromatic heterocycles. The number of hydrogen-bond acceptors (Lipinski definition) is 2. The molecule has 0 aliphatic rings. The van der Waals surface area contributed by atoms with Crippen molar-refractivity contribution in [3.8, 4) is 11.3 Å². The van der Waals surface area contributed by atoms with Gasteiger partial charge in [0.1, 0.15) is 0 Å². The number of aromatic nitrogens is 2. The molecule has 0 radical (unpaired) electrons. The number of halogens is 2. The fraction of sp³-hybridized carbons (Fsp3) is 0.308. The molecule has 5 heteroatoms. The van der Waals surface area contributed by atoms with E-state index < -0.39 is 0 Å². The number of nitrogens with one attached hydrogen (secondary N) is 1. The number of nitrogens with two attached hydrogens (primary N) is 1.